The second-order valence-electron chi connectivity index (χ2n) is 8.32. The summed E-state index contributed by atoms with van der Waals surface area (Å²) in [4.78, 5) is 33.1. The van der Waals surface area contributed by atoms with Crippen molar-refractivity contribution in [3.05, 3.63) is 59.9 Å². The van der Waals surface area contributed by atoms with Crippen LogP contribution in [-0.2, 0) is 11.2 Å². The van der Waals surface area contributed by atoms with Gasteiger partial charge in [0.1, 0.15) is 5.75 Å². The molecule has 3 heterocycles. The molecule has 0 spiro atoms. The molecule has 164 valence electrons. The maximum absolute atomic E-state index is 13.0. The third-order valence-corrected chi connectivity index (χ3v) is 6.04. The second-order valence-corrected chi connectivity index (χ2v) is 8.32. The molecule has 0 unspecified atom stereocenters. The summed E-state index contributed by atoms with van der Waals surface area (Å²) in [6.07, 6.45) is 5.04. The van der Waals surface area contributed by atoms with E-state index in [2.05, 4.69) is 4.98 Å². The lowest BCUT2D eigenvalue weighted by atomic mass is 10.00. The number of β-amino-alcohol motifs (C(OH)–C–C–N with tert-alkyl or cyclic N) is 1. The molecule has 2 fully saturated rings. The highest BCUT2D eigenvalue weighted by atomic mass is 16.5. The van der Waals surface area contributed by atoms with E-state index in [0.29, 0.717) is 30.8 Å². The van der Waals surface area contributed by atoms with Crippen LogP contribution in [0.4, 0.5) is 0 Å². The lowest BCUT2D eigenvalue weighted by Gasteiger charge is -2.26. The molecule has 2 aliphatic rings. The third kappa shape index (κ3) is 5.41. The zero-order valence-electron chi connectivity index (χ0n) is 17.7. The molecule has 2 aliphatic heterocycles. The summed E-state index contributed by atoms with van der Waals surface area (Å²) in [6, 6.07) is 12.6. The molecule has 0 aliphatic carbocycles. The Labute approximate surface area is 182 Å². The number of aliphatic hydroxyl groups is 1. The molecule has 2 amide bonds. The van der Waals surface area contributed by atoms with Crippen molar-refractivity contribution in [3.63, 3.8) is 0 Å². The molecule has 4 rings (SSSR count). The second kappa shape index (κ2) is 9.92. The molecule has 1 aromatic carbocycles. The zero-order valence-corrected chi connectivity index (χ0v) is 17.7. The number of nitrogens with zero attached hydrogens (tertiary/aromatic N) is 3. The summed E-state index contributed by atoms with van der Waals surface area (Å²) < 4.78 is 5.68. The van der Waals surface area contributed by atoms with Crippen LogP contribution < -0.4 is 4.74 Å². The number of ether oxygens (including phenoxy) is 1. The van der Waals surface area contributed by atoms with Crippen molar-refractivity contribution in [3.8, 4) is 5.75 Å². The van der Waals surface area contributed by atoms with E-state index in [-0.39, 0.29) is 24.3 Å². The molecule has 2 aromatic rings. The summed E-state index contributed by atoms with van der Waals surface area (Å²) in [6.45, 7) is 2.34. The van der Waals surface area contributed by atoms with E-state index in [9.17, 15) is 14.7 Å². The Hall–Kier alpha value is -2.93. The predicted molar refractivity (Wildman–Crippen MR) is 116 cm³/mol. The van der Waals surface area contributed by atoms with E-state index < -0.39 is 6.10 Å². The van der Waals surface area contributed by atoms with Gasteiger partial charge in [-0.25, -0.2) is 0 Å². The van der Waals surface area contributed by atoms with Crippen LogP contribution in [0.1, 0.15) is 35.3 Å². The Morgan fingerprint density at radius 1 is 1.03 bits per heavy atom. The van der Waals surface area contributed by atoms with Crippen molar-refractivity contribution < 1.29 is 19.4 Å². The van der Waals surface area contributed by atoms with Gasteiger partial charge in [-0.15, -0.1) is 0 Å². The first-order chi connectivity index (χ1) is 15.1. The lowest BCUT2D eigenvalue weighted by molar-refractivity contribution is -0.134. The summed E-state index contributed by atoms with van der Waals surface area (Å²) in [5, 5.41) is 10.5. The molecule has 2 saturated heterocycles. The van der Waals surface area contributed by atoms with Gasteiger partial charge in [0.2, 0.25) is 0 Å². The number of benzene rings is 1. The van der Waals surface area contributed by atoms with Gasteiger partial charge in [0.05, 0.1) is 6.10 Å². The van der Waals surface area contributed by atoms with Gasteiger partial charge in [-0.2, -0.15) is 0 Å². The first-order valence-electron chi connectivity index (χ1n) is 11.0. The third-order valence-electron chi connectivity index (χ3n) is 6.04. The maximum atomic E-state index is 13.0. The van der Waals surface area contributed by atoms with Gasteiger partial charge in [0.25, 0.3) is 11.8 Å². The van der Waals surface area contributed by atoms with Gasteiger partial charge < -0.3 is 19.6 Å². The number of hydrogen-bond acceptors (Lipinski definition) is 5. The van der Waals surface area contributed by atoms with Crippen molar-refractivity contribution in [2.45, 2.75) is 31.8 Å². The molecular formula is C24H29N3O4. The molecule has 0 radical (unpaired) electrons. The minimum absolute atomic E-state index is 0.0172. The molecule has 1 aromatic heterocycles. The Bertz CT molecular complexity index is 899. The highest BCUT2D eigenvalue weighted by Gasteiger charge is 2.34. The van der Waals surface area contributed by atoms with Gasteiger partial charge in [-0.3, -0.25) is 14.6 Å². The Balaban J connectivity index is 1.34. The van der Waals surface area contributed by atoms with Gasteiger partial charge in [0.15, 0.2) is 6.61 Å². The van der Waals surface area contributed by atoms with Crippen LogP contribution in [0, 0.1) is 5.92 Å². The molecule has 0 saturated carbocycles. The molecule has 0 bridgehead atoms. The van der Waals surface area contributed by atoms with E-state index in [4.69, 9.17) is 4.74 Å². The van der Waals surface area contributed by atoms with Crippen LogP contribution in [0.5, 0.6) is 5.75 Å². The van der Waals surface area contributed by atoms with Crippen molar-refractivity contribution in [2.24, 2.45) is 5.92 Å². The molecule has 1 N–H and O–H groups in total. The van der Waals surface area contributed by atoms with Crippen molar-refractivity contribution >= 4 is 11.8 Å². The normalized spacial score (nSPS) is 21.2. The quantitative estimate of drug-likeness (QED) is 0.770. The average molecular weight is 424 g/mol. The Kier molecular flexibility index (Phi) is 6.82. The van der Waals surface area contributed by atoms with E-state index in [1.54, 1.807) is 35.4 Å². The standard InChI is InChI=1S/C24H29N3O4/c28-22-16-27(15-19(22)13-20-8-2-3-10-25-20)24(30)18-7-6-9-21(14-18)31-17-23(29)26-11-4-1-5-12-26/h2-3,6-10,14,19,22,28H,1,4-5,11-13,15-17H2/t19-,22-/m1/s1. The zero-order chi connectivity index (χ0) is 21.6. The van der Waals surface area contributed by atoms with Crippen molar-refractivity contribution in [1.29, 1.82) is 0 Å². The number of piperidine rings is 1. The van der Waals surface area contributed by atoms with Crippen LogP contribution in [0.25, 0.3) is 0 Å². The van der Waals surface area contributed by atoms with Crippen LogP contribution in [-0.4, -0.2) is 70.6 Å². The van der Waals surface area contributed by atoms with Crippen molar-refractivity contribution in [1.82, 2.24) is 14.8 Å². The largest absolute Gasteiger partial charge is 0.484 e. The topological polar surface area (TPSA) is 83.0 Å². The highest BCUT2D eigenvalue weighted by molar-refractivity contribution is 5.94. The fourth-order valence-corrected chi connectivity index (χ4v) is 4.29. The molecule has 31 heavy (non-hydrogen) atoms. The van der Waals surface area contributed by atoms with Crippen molar-refractivity contribution in [2.75, 3.05) is 32.8 Å². The van der Waals surface area contributed by atoms with E-state index in [1.165, 1.54) is 6.42 Å². The van der Waals surface area contributed by atoms with Crippen LogP contribution in [0.15, 0.2) is 48.7 Å². The van der Waals surface area contributed by atoms with Gasteiger partial charge >= 0.3 is 0 Å². The molecule has 7 nitrogen and oxygen atoms in total. The molecule has 2 atom stereocenters. The minimum Gasteiger partial charge on any atom is -0.484 e. The number of hydrogen-bond donors (Lipinski definition) is 1. The van der Waals surface area contributed by atoms with Crippen LogP contribution >= 0.6 is 0 Å². The summed E-state index contributed by atoms with van der Waals surface area (Å²) in [7, 11) is 0. The fraction of sp³-hybridized carbons (Fsp3) is 0.458. The van der Waals surface area contributed by atoms with E-state index >= 15 is 0 Å². The van der Waals surface area contributed by atoms with E-state index in [1.807, 2.05) is 23.1 Å². The van der Waals surface area contributed by atoms with Crippen LogP contribution in [0.2, 0.25) is 0 Å². The fourth-order valence-electron chi connectivity index (χ4n) is 4.29. The summed E-state index contributed by atoms with van der Waals surface area (Å²) in [5.74, 6) is 0.299. The minimum atomic E-state index is -0.576. The number of amides is 2. The number of aromatic nitrogens is 1. The Morgan fingerprint density at radius 2 is 1.87 bits per heavy atom. The molecule has 7 heteroatoms. The summed E-state index contributed by atoms with van der Waals surface area (Å²) >= 11 is 0. The lowest BCUT2D eigenvalue weighted by Crippen LogP contribution is -2.38. The number of pyridine rings is 1. The first kappa shape index (κ1) is 21.3. The number of likely N-dealkylation sites (tertiary alicyclic amines) is 2. The highest BCUT2D eigenvalue weighted by Crippen LogP contribution is 2.24. The van der Waals surface area contributed by atoms with Gasteiger partial charge in [0, 0.05) is 49.6 Å². The SMILES string of the molecule is O=C(COc1cccc(C(=O)N2C[C@@H](Cc3ccccn3)[C@H](O)C2)c1)N1CCCCC1. The van der Waals surface area contributed by atoms with Gasteiger partial charge in [-0.1, -0.05) is 12.1 Å². The molecular weight excluding hydrogens is 394 g/mol. The van der Waals surface area contributed by atoms with Gasteiger partial charge in [-0.05, 0) is 56.0 Å². The average Bonchev–Trinajstić information content (AvgIpc) is 3.18. The number of aliphatic hydroxyl groups excluding tert-OH is 1. The monoisotopic (exact) mass is 423 g/mol. The van der Waals surface area contributed by atoms with E-state index in [0.717, 1.165) is 31.6 Å². The van der Waals surface area contributed by atoms with Crippen LogP contribution in [0.3, 0.4) is 0 Å². The smallest absolute Gasteiger partial charge is 0.260 e. The maximum Gasteiger partial charge on any atom is 0.260 e. The Morgan fingerprint density at radius 3 is 2.65 bits per heavy atom. The summed E-state index contributed by atoms with van der Waals surface area (Å²) in [5.41, 5.74) is 1.41. The number of rotatable bonds is 6. The number of carbonyl (C=O) groups is 2. The number of carbonyl (C=O) groups excluding carboxylic acids is 2. The first-order valence-corrected chi connectivity index (χ1v) is 11.0. The predicted octanol–water partition coefficient (Wildman–Crippen LogP) is 2.15.